The van der Waals surface area contributed by atoms with E-state index in [2.05, 4.69) is 74.9 Å². The largest absolute Gasteiger partial charge is 0.489 e. The Morgan fingerprint density at radius 3 is 2.60 bits per heavy atom. The summed E-state index contributed by atoms with van der Waals surface area (Å²) in [6.45, 7) is 5.99. The number of benzene rings is 2. The minimum atomic E-state index is 0. The molecule has 2 aromatic heterocycles. The first kappa shape index (κ1) is 29.3. The molecule has 9 heteroatoms. The highest BCUT2D eigenvalue weighted by molar-refractivity contribution is 7.59. The number of methoxy groups -OCH3 is 1. The van der Waals surface area contributed by atoms with E-state index in [-0.39, 0.29) is 19.4 Å². The van der Waals surface area contributed by atoms with E-state index in [0.717, 1.165) is 40.1 Å². The van der Waals surface area contributed by atoms with Crippen molar-refractivity contribution >= 4 is 40.6 Å². The summed E-state index contributed by atoms with van der Waals surface area (Å²) < 4.78 is 18.1. The second-order valence-corrected chi connectivity index (χ2v) is 10.1. The van der Waals surface area contributed by atoms with E-state index < -0.39 is 0 Å². The van der Waals surface area contributed by atoms with Gasteiger partial charge in [-0.2, -0.15) is 18.6 Å². The van der Waals surface area contributed by atoms with Crippen LogP contribution in [0.2, 0.25) is 0 Å². The Kier molecular flexibility index (Phi) is 10.3. The first-order valence-corrected chi connectivity index (χ1v) is 13.7. The van der Waals surface area contributed by atoms with Crippen LogP contribution in [0.1, 0.15) is 36.0 Å². The zero-order valence-corrected chi connectivity index (χ0v) is 24.6. The highest BCUT2D eigenvalue weighted by Gasteiger charge is 2.15. The van der Waals surface area contributed by atoms with Crippen molar-refractivity contribution in [3.63, 3.8) is 0 Å². The number of hydrogen-bond donors (Lipinski definition) is 0. The summed E-state index contributed by atoms with van der Waals surface area (Å²) in [4.78, 5) is 4.51. The summed E-state index contributed by atoms with van der Waals surface area (Å²) in [5, 5.41) is 15.2. The lowest BCUT2D eigenvalue weighted by molar-refractivity contribution is 0.143. The third-order valence-corrected chi connectivity index (χ3v) is 7.46. The molecule has 0 saturated carbocycles. The maximum atomic E-state index is 6.15. The third-order valence-electron chi connectivity index (χ3n) is 6.50. The molecule has 2 aromatic carbocycles. The van der Waals surface area contributed by atoms with Gasteiger partial charge in [-0.25, -0.2) is 4.98 Å². The van der Waals surface area contributed by atoms with Crippen LogP contribution in [0.3, 0.4) is 0 Å². The van der Waals surface area contributed by atoms with E-state index in [4.69, 9.17) is 14.2 Å². The number of pyridine rings is 1. The lowest BCUT2D eigenvalue weighted by Crippen LogP contribution is -2.07. The summed E-state index contributed by atoms with van der Waals surface area (Å²) in [6.07, 6.45) is 2.62. The van der Waals surface area contributed by atoms with E-state index in [1.54, 1.807) is 18.4 Å². The van der Waals surface area contributed by atoms with E-state index in [9.17, 15) is 0 Å². The zero-order valence-electron chi connectivity index (χ0n) is 22.8. The van der Waals surface area contributed by atoms with Gasteiger partial charge in [0.1, 0.15) is 25.5 Å². The van der Waals surface area contributed by atoms with Crippen molar-refractivity contribution in [1.82, 2.24) is 4.98 Å². The topological polar surface area (TPSA) is 77.7 Å². The number of nitrogens with zero attached hydrogens (tertiary/aromatic N) is 4. The van der Waals surface area contributed by atoms with Crippen molar-refractivity contribution < 1.29 is 14.2 Å². The molecule has 0 radical (unpaired) electrons. The molecule has 0 aliphatic carbocycles. The molecule has 7 nitrogen and oxygen atoms in total. The SMILES string of the molecule is CC#C[C@@H](CC1=NN=NC1)c1ccc(OCc2ccc3scc(-c4cnc(OCCOC)cc4C)c3c2)cc1.S. The first-order chi connectivity index (χ1) is 19.1. The molecule has 0 N–H and O–H groups in total. The summed E-state index contributed by atoms with van der Waals surface area (Å²) >= 11 is 1.73. The summed E-state index contributed by atoms with van der Waals surface area (Å²) in [6, 6.07) is 16.6. The van der Waals surface area contributed by atoms with Crippen molar-refractivity contribution in [1.29, 1.82) is 0 Å². The monoisotopic (exact) mass is 572 g/mol. The van der Waals surface area contributed by atoms with Crippen LogP contribution in [-0.2, 0) is 11.3 Å². The molecular weight excluding hydrogens is 541 g/mol. The van der Waals surface area contributed by atoms with E-state index in [0.29, 0.717) is 32.2 Å². The molecule has 206 valence electrons. The van der Waals surface area contributed by atoms with Gasteiger partial charge in [-0.3, -0.25) is 0 Å². The average molecular weight is 573 g/mol. The number of hydrogen-bond acceptors (Lipinski definition) is 8. The highest BCUT2D eigenvalue weighted by atomic mass is 32.1. The number of thiophene rings is 1. The first-order valence-electron chi connectivity index (χ1n) is 12.8. The van der Waals surface area contributed by atoms with Gasteiger partial charge < -0.3 is 14.2 Å². The zero-order chi connectivity index (χ0) is 27.0. The second-order valence-electron chi connectivity index (χ2n) is 9.22. The molecule has 1 aliphatic rings. The van der Waals surface area contributed by atoms with E-state index in [1.165, 1.54) is 15.6 Å². The molecule has 3 heterocycles. The van der Waals surface area contributed by atoms with Gasteiger partial charge in [-0.1, -0.05) is 24.1 Å². The van der Waals surface area contributed by atoms with Crippen LogP contribution in [0.5, 0.6) is 11.6 Å². The maximum Gasteiger partial charge on any atom is 0.213 e. The predicted molar refractivity (Wildman–Crippen MR) is 166 cm³/mol. The molecule has 0 spiro atoms. The molecule has 0 amide bonds. The molecule has 0 saturated heterocycles. The molecule has 1 aliphatic heterocycles. The lowest BCUT2D eigenvalue weighted by atomic mass is 9.94. The van der Waals surface area contributed by atoms with Crippen molar-refractivity contribution in [2.75, 3.05) is 26.9 Å². The quantitative estimate of drug-likeness (QED) is 0.139. The third kappa shape index (κ3) is 7.07. The Hall–Kier alpha value is -3.71. The molecule has 40 heavy (non-hydrogen) atoms. The number of fused-ring (bicyclic) bond motifs is 1. The van der Waals surface area contributed by atoms with Crippen LogP contribution in [-0.4, -0.2) is 37.6 Å². The van der Waals surface area contributed by atoms with Gasteiger partial charge in [-0.15, -0.1) is 22.4 Å². The molecule has 5 rings (SSSR count). The molecule has 0 bridgehead atoms. The standard InChI is InChI=1S/C31H30N4O3S.H2S/c1-4-5-24(16-25-17-33-35-34-25)23-7-9-26(10-8-23)38-19-22-6-11-30-27(15-22)29(20-39-30)28-18-32-31(14-21(28)2)37-13-12-36-3;/h6-11,14-15,18,20,24H,12-13,16-17,19H2,1-3H3;1H2/t24-;/m0./s1. The van der Waals surface area contributed by atoms with Gasteiger partial charge in [0, 0.05) is 47.0 Å². The van der Waals surface area contributed by atoms with Crippen LogP contribution in [0.4, 0.5) is 0 Å². The maximum absolute atomic E-state index is 6.15. The Morgan fingerprint density at radius 1 is 1.02 bits per heavy atom. The van der Waals surface area contributed by atoms with Crippen LogP contribution < -0.4 is 9.47 Å². The highest BCUT2D eigenvalue weighted by Crippen LogP contribution is 2.36. The van der Waals surface area contributed by atoms with E-state index in [1.807, 2.05) is 31.3 Å². The lowest BCUT2D eigenvalue weighted by Gasteiger charge is -2.12. The Balaban J connectivity index is 0.00000370. The number of aromatic nitrogens is 1. The van der Waals surface area contributed by atoms with Crippen molar-refractivity contribution in [3.05, 3.63) is 76.8 Å². The van der Waals surface area contributed by atoms with Crippen LogP contribution in [0.25, 0.3) is 21.2 Å². The van der Waals surface area contributed by atoms with Crippen LogP contribution in [0.15, 0.2) is 75.5 Å². The molecule has 0 fully saturated rings. The summed E-state index contributed by atoms with van der Waals surface area (Å²) in [5.74, 6) is 7.81. The number of rotatable bonds is 11. The van der Waals surface area contributed by atoms with Gasteiger partial charge in [0.25, 0.3) is 0 Å². The van der Waals surface area contributed by atoms with Gasteiger partial charge in [0.15, 0.2) is 0 Å². The van der Waals surface area contributed by atoms with Gasteiger partial charge in [0.2, 0.25) is 5.88 Å². The van der Waals surface area contributed by atoms with Crippen LogP contribution >= 0.6 is 24.8 Å². The average Bonchev–Trinajstić information content (AvgIpc) is 3.62. The Labute approximate surface area is 245 Å². The Bertz CT molecular complexity index is 1570. The smallest absolute Gasteiger partial charge is 0.213 e. The number of aryl methyl sites for hydroxylation is 1. The fraction of sp³-hybridized carbons (Fsp3) is 0.290. The van der Waals surface area contributed by atoms with Gasteiger partial charge in [0.05, 0.1) is 18.2 Å². The molecular formula is C31H32N4O3S2. The molecule has 1 atom stereocenters. The minimum Gasteiger partial charge on any atom is -0.489 e. The fourth-order valence-electron chi connectivity index (χ4n) is 4.47. The van der Waals surface area contributed by atoms with Gasteiger partial charge >= 0.3 is 0 Å². The number of ether oxygens (including phenoxy) is 3. The normalized spacial score (nSPS) is 12.8. The fourth-order valence-corrected chi connectivity index (χ4v) is 5.41. The summed E-state index contributed by atoms with van der Waals surface area (Å²) in [5.41, 5.74) is 6.60. The Morgan fingerprint density at radius 2 is 1.88 bits per heavy atom. The van der Waals surface area contributed by atoms with Crippen molar-refractivity contribution in [3.8, 4) is 34.6 Å². The molecule has 0 unspecified atom stereocenters. The van der Waals surface area contributed by atoms with Crippen LogP contribution in [0, 0.1) is 18.8 Å². The predicted octanol–water partition coefficient (Wildman–Crippen LogP) is 7.31. The van der Waals surface area contributed by atoms with E-state index >= 15 is 0 Å². The summed E-state index contributed by atoms with van der Waals surface area (Å²) in [7, 11) is 1.66. The van der Waals surface area contributed by atoms with Crippen molar-refractivity contribution in [2.45, 2.75) is 32.8 Å². The second kappa shape index (κ2) is 14.1. The minimum absolute atomic E-state index is 0. The van der Waals surface area contributed by atoms with Crippen molar-refractivity contribution in [2.24, 2.45) is 15.4 Å². The molecule has 4 aromatic rings. The van der Waals surface area contributed by atoms with Gasteiger partial charge in [-0.05, 0) is 65.4 Å².